The standard InChI is InChI=1S/C8H9ClN2O2S/c9-7-3-4-10-5-8(7)11-14(12,13)6-1-2-6/h3-6,11H,1-2H2. The monoisotopic (exact) mass is 232 g/mol. The Morgan fingerprint density at radius 2 is 2.21 bits per heavy atom. The molecular formula is C8H9ClN2O2S. The van der Waals surface area contributed by atoms with Gasteiger partial charge in [0, 0.05) is 6.20 Å². The molecule has 1 aromatic heterocycles. The Morgan fingerprint density at radius 3 is 2.79 bits per heavy atom. The minimum absolute atomic E-state index is 0.251. The van der Waals surface area contributed by atoms with Crippen LogP contribution in [0.2, 0.25) is 5.02 Å². The number of nitrogens with one attached hydrogen (secondary N) is 1. The Morgan fingerprint density at radius 1 is 1.50 bits per heavy atom. The molecule has 2 rings (SSSR count). The van der Waals surface area contributed by atoms with Crippen LogP contribution in [0.3, 0.4) is 0 Å². The van der Waals surface area contributed by atoms with Crippen LogP contribution < -0.4 is 4.72 Å². The summed E-state index contributed by atoms with van der Waals surface area (Å²) in [6.45, 7) is 0. The van der Waals surface area contributed by atoms with Gasteiger partial charge >= 0.3 is 0 Å². The highest BCUT2D eigenvalue weighted by Crippen LogP contribution is 2.31. The topological polar surface area (TPSA) is 59.1 Å². The molecule has 14 heavy (non-hydrogen) atoms. The first-order valence-electron chi connectivity index (χ1n) is 4.21. The van der Waals surface area contributed by atoms with E-state index in [1.54, 1.807) is 6.07 Å². The average molecular weight is 233 g/mol. The number of rotatable bonds is 3. The zero-order valence-electron chi connectivity index (χ0n) is 7.27. The molecule has 76 valence electrons. The maximum absolute atomic E-state index is 11.5. The van der Waals surface area contributed by atoms with Gasteiger partial charge in [-0.15, -0.1) is 0 Å². The molecule has 0 spiro atoms. The molecule has 0 saturated heterocycles. The van der Waals surface area contributed by atoms with Gasteiger partial charge in [-0.05, 0) is 18.9 Å². The van der Waals surface area contributed by atoms with Crippen LogP contribution in [-0.2, 0) is 10.0 Å². The largest absolute Gasteiger partial charge is 0.280 e. The maximum atomic E-state index is 11.5. The number of aromatic nitrogens is 1. The summed E-state index contributed by atoms with van der Waals surface area (Å²) in [5.41, 5.74) is 0.348. The van der Waals surface area contributed by atoms with Crippen molar-refractivity contribution in [3.63, 3.8) is 0 Å². The smallest absolute Gasteiger partial charge is 0.235 e. The summed E-state index contributed by atoms with van der Waals surface area (Å²) in [7, 11) is -3.24. The third-order valence-electron chi connectivity index (χ3n) is 1.98. The van der Waals surface area contributed by atoms with Crippen LogP contribution in [0.25, 0.3) is 0 Å². The van der Waals surface area contributed by atoms with E-state index in [0.29, 0.717) is 10.7 Å². The molecule has 1 heterocycles. The molecule has 0 atom stereocenters. The number of anilines is 1. The fourth-order valence-electron chi connectivity index (χ4n) is 1.07. The second kappa shape index (κ2) is 3.40. The minimum Gasteiger partial charge on any atom is -0.280 e. The summed E-state index contributed by atoms with van der Waals surface area (Å²) in [5.74, 6) is 0. The number of hydrogen-bond donors (Lipinski definition) is 1. The molecule has 1 aliphatic carbocycles. The number of hydrogen-bond acceptors (Lipinski definition) is 3. The first kappa shape index (κ1) is 9.73. The highest BCUT2D eigenvalue weighted by Gasteiger charge is 2.35. The molecule has 1 aromatic rings. The second-order valence-electron chi connectivity index (χ2n) is 3.20. The van der Waals surface area contributed by atoms with Crippen molar-refractivity contribution in [2.24, 2.45) is 0 Å². The molecule has 1 N–H and O–H groups in total. The van der Waals surface area contributed by atoms with E-state index < -0.39 is 10.0 Å². The van der Waals surface area contributed by atoms with Crippen molar-refractivity contribution in [1.82, 2.24) is 4.98 Å². The van der Waals surface area contributed by atoms with Gasteiger partial charge in [-0.2, -0.15) is 0 Å². The van der Waals surface area contributed by atoms with Crippen LogP contribution in [-0.4, -0.2) is 18.7 Å². The molecule has 6 heteroatoms. The van der Waals surface area contributed by atoms with E-state index in [1.165, 1.54) is 12.4 Å². The summed E-state index contributed by atoms with van der Waals surface area (Å²) >= 11 is 5.79. The van der Waals surface area contributed by atoms with Gasteiger partial charge in [0.1, 0.15) is 0 Å². The summed E-state index contributed by atoms with van der Waals surface area (Å²) in [4.78, 5) is 3.80. The summed E-state index contributed by atoms with van der Waals surface area (Å²) < 4.78 is 25.5. The normalized spacial score (nSPS) is 16.6. The molecule has 0 unspecified atom stereocenters. The molecular weight excluding hydrogens is 224 g/mol. The molecule has 4 nitrogen and oxygen atoms in total. The van der Waals surface area contributed by atoms with Crippen LogP contribution in [0.1, 0.15) is 12.8 Å². The fraction of sp³-hybridized carbons (Fsp3) is 0.375. The van der Waals surface area contributed by atoms with Crippen molar-refractivity contribution in [3.05, 3.63) is 23.5 Å². The Labute approximate surface area is 87.4 Å². The van der Waals surface area contributed by atoms with E-state index in [1.807, 2.05) is 0 Å². The highest BCUT2D eigenvalue weighted by atomic mass is 35.5. The predicted molar refractivity (Wildman–Crippen MR) is 54.8 cm³/mol. The van der Waals surface area contributed by atoms with Gasteiger partial charge in [0.25, 0.3) is 0 Å². The highest BCUT2D eigenvalue weighted by molar-refractivity contribution is 7.93. The van der Waals surface area contributed by atoms with E-state index in [-0.39, 0.29) is 5.25 Å². The molecule has 0 aromatic carbocycles. The Balaban J connectivity index is 2.22. The van der Waals surface area contributed by atoms with Gasteiger partial charge in [0.2, 0.25) is 10.0 Å². The molecule has 1 fully saturated rings. The number of sulfonamides is 1. The lowest BCUT2D eigenvalue weighted by atomic mass is 10.4. The van der Waals surface area contributed by atoms with Crippen molar-refractivity contribution in [3.8, 4) is 0 Å². The van der Waals surface area contributed by atoms with Crippen molar-refractivity contribution >= 4 is 27.3 Å². The van der Waals surface area contributed by atoms with Crippen LogP contribution in [0, 0.1) is 0 Å². The Bertz CT molecular complexity index is 442. The number of nitrogens with zero attached hydrogens (tertiary/aromatic N) is 1. The third-order valence-corrected chi connectivity index (χ3v) is 4.17. The van der Waals surface area contributed by atoms with Crippen LogP contribution in [0.5, 0.6) is 0 Å². The fourth-order valence-corrected chi connectivity index (χ4v) is 2.67. The molecule has 1 saturated carbocycles. The Hall–Kier alpha value is -0.810. The van der Waals surface area contributed by atoms with E-state index in [9.17, 15) is 8.42 Å². The minimum atomic E-state index is -3.24. The van der Waals surface area contributed by atoms with Gasteiger partial charge < -0.3 is 0 Å². The van der Waals surface area contributed by atoms with Gasteiger partial charge in [-0.1, -0.05) is 11.6 Å². The van der Waals surface area contributed by atoms with Gasteiger partial charge in [-0.3, -0.25) is 9.71 Å². The lowest BCUT2D eigenvalue weighted by molar-refractivity contribution is 0.600. The van der Waals surface area contributed by atoms with Gasteiger partial charge in [0.05, 0.1) is 22.2 Å². The lowest BCUT2D eigenvalue weighted by Gasteiger charge is -2.07. The van der Waals surface area contributed by atoms with E-state index in [2.05, 4.69) is 9.71 Å². The number of halogens is 1. The molecule has 0 amide bonds. The van der Waals surface area contributed by atoms with E-state index in [4.69, 9.17) is 11.6 Å². The van der Waals surface area contributed by atoms with Crippen molar-refractivity contribution in [2.45, 2.75) is 18.1 Å². The molecule has 0 bridgehead atoms. The van der Waals surface area contributed by atoms with Crippen molar-refractivity contribution < 1.29 is 8.42 Å². The van der Waals surface area contributed by atoms with Crippen LogP contribution in [0.4, 0.5) is 5.69 Å². The molecule has 1 aliphatic rings. The third kappa shape index (κ3) is 1.99. The summed E-state index contributed by atoms with van der Waals surface area (Å²) in [5, 5.41) is 0.114. The van der Waals surface area contributed by atoms with Gasteiger partial charge in [0.15, 0.2) is 0 Å². The van der Waals surface area contributed by atoms with Gasteiger partial charge in [-0.25, -0.2) is 8.42 Å². The van der Waals surface area contributed by atoms with Crippen LogP contribution in [0.15, 0.2) is 18.5 Å². The maximum Gasteiger partial charge on any atom is 0.235 e. The SMILES string of the molecule is O=S(=O)(Nc1cnccc1Cl)C1CC1. The zero-order valence-corrected chi connectivity index (χ0v) is 8.85. The Kier molecular flexibility index (Phi) is 2.36. The summed E-state index contributed by atoms with van der Waals surface area (Å²) in [6.07, 6.45) is 4.37. The molecule has 0 aliphatic heterocycles. The first-order chi connectivity index (χ1) is 6.59. The van der Waals surface area contributed by atoms with Crippen molar-refractivity contribution in [1.29, 1.82) is 0 Å². The lowest BCUT2D eigenvalue weighted by Crippen LogP contribution is -2.17. The zero-order chi connectivity index (χ0) is 10.2. The van der Waals surface area contributed by atoms with E-state index >= 15 is 0 Å². The van der Waals surface area contributed by atoms with Crippen molar-refractivity contribution in [2.75, 3.05) is 4.72 Å². The summed E-state index contributed by atoms with van der Waals surface area (Å²) in [6, 6.07) is 1.55. The first-order valence-corrected chi connectivity index (χ1v) is 6.13. The van der Waals surface area contributed by atoms with Crippen LogP contribution >= 0.6 is 11.6 Å². The molecule has 0 radical (unpaired) electrons. The van der Waals surface area contributed by atoms with E-state index in [0.717, 1.165) is 12.8 Å². The predicted octanol–water partition coefficient (Wildman–Crippen LogP) is 1.64. The second-order valence-corrected chi connectivity index (χ2v) is 5.57. The quantitative estimate of drug-likeness (QED) is 0.862. The number of pyridine rings is 1. The average Bonchev–Trinajstić information content (AvgIpc) is 2.91.